The number of aliphatic hydroxyl groups is 1. The standard InChI is InChI=1S/C14H20N4O2/c1-8-13-14(16-7-15-8)18(9(2)17-13)11-4-10(6-20-3)5-12(11)19/h7,10-12,19H,4-6H2,1-3H3/t10-,11+,12-/m0/s1. The summed E-state index contributed by atoms with van der Waals surface area (Å²) >= 11 is 0. The van der Waals surface area contributed by atoms with Gasteiger partial charge >= 0.3 is 0 Å². The molecule has 6 heteroatoms. The van der Waals surface area contributed by atoms with Crippen molar-refractivity contribution >= 4 is 11.2 Å². The quantitative estimate of drug-likeness (QED) is 0.917. The predicted octanol–water partition coefficient (Wildman–Crippen LogP) is 1.40. The fraction of sp³-hybridized carbons (Fsp3) is 0.643. The minimum atomic E-state index is -0.374. The summed E-state index contributed by atoms with van der Waals surface area (Å²) < 4.78 is 7.27. The van der Waals surface area contributed by atoms with Gasteiger partial charge in [0.05, 0.1) is 17.8 Å². The molecule has 3 rings (SSSR count). The number of aliphatic hydroxyl groups excluding tert-OH is 1. The molecule has 1 saturated carbocycles. The number of methoxy groups -OCH3 is 1. The molecule has 2 aromatic heterocycles. The Hall–Kier alpha value is -1.53. The molecule has 0 unspecified atom stereocenters. The van der Waals surface area contributed by atoms with Gasteiger partial charge in [-0.2, -0.15) is 0 Å². The highest BCUT2D eigenvalue weighted by Gasteiger charge is 2.36. The van der Waals surface area contributed by atoms with Gasteiger partial charge in [-0.1, -0.05) is 0 Å². The zero-order valence-corrected chi connectivity index (χ0v) is 12.1. The number of fused-ring (bicyclic) bond motifs is 1. The first kappa shape index (κ1) is 13.5. The van der Waals surface area contributed by atoms with E-state index in [9.17, 15) is 5.11 Å². The van der Waals surface area contributed by atoms with Crippen LogP contribution in [0.2, 0.25) is 0 Å². The van der Waals surface area contributed by atoms with Gasteiger partial charge in [0.1, 0.15) is 17.7 Å². The molecule has 0 aliphatic heterocycles. The number of ether oxygens (including phenoxy) is 1. The molecule has 1 aliphatic carbocycles. The molecule has 0 bridgehead atoms. The third-order valence-corrected chi connectivity index (χ3v) is 4.16. The van der Waals surface area contributed by atoms with Crippen molar-refractivity contribution in [3.8, 4) is 0 Å². The van der Waals surface area contributed by atoms with Crippen molar-refractivity contribution in [1.29, 1.82) is 0 Å². The smallest absolute Gasteiger partial charge is 0.164 e. The fourth-order valence-corrected chi connectivity index (χ4v) is 3.27. The zero-order chi connectivity index (χ0) is 14.3. The van der Waals surface area contributed by atoms with Crippen molar-refractivity contribution in [2.24, 2.45) is 5.92 Å². The molecule has 0 radical (unpaired) electrons. The first-order valence-corrected chi connectivity index (χ1v) is 6.95. The monoisotopic (exact) mass is 276 g/mol. The molecule has 6 nitrogen and oxygen atoms in total. The number of hydrogen-bond acceptors (Lipinski definition) is 5. The SMILES string of the molecule is COC[C@H]1C[C@@H](n2c(C)nc3c(C)ncnc32)[C@@H](O)C1. The van der Waals surface area contributed by atoms with E-state index in [0.29, 0.717) is 12.5 Å². The Bertz CT molecular complexity index is 625. The highest BCUT2D eigenvalue weighted by molar-refractivity contribution is 5.73. The fourth-order valence-electron chi connectivity index (χ4n) is 3.27. The third-order valence-electron chi connectivity index (χ3n) is 4.16. The van der Waals surface area contributed by atoms with Gasteiger partial charge in [0.15, 0.2) is 5.65 Å². The second-order valence-electron chi connectivity index (χ2n) is 5.59. The minimum Gasteiger partial charge on any atom is -0.391 e. The Morgan fingerprint density at radius 1 is 1.35 bits per heavy atom. The molecule has 1 aliphatic rings. The van der Waals surface area contributed by atoms with Gasteiger partial charge in [-0.25, -0.2) is 15.0 Å². The molecule has 1 N–H and O–H groups in total. The second-order valence-corrected chi connectivity index (χ2v) is 5.59. The molecule has 3 atom stereocenters. The number of rotatable bonds is 3. The summed E-state index contributed by atoms with van der Waals surface area (Å²) in [5, 5.41) is 10.4. The average molecular weight is 276 g/mol. The van der Waals surface area contributed by atoms with E-state index in [-0.39, 0.29) is 12.1 Å². The first-order chi connectivity index (χ1) is 9.61. The maximum Gasteiger partial charge on any atom is 0.164 e. The minimum absolute atomic E-state index is 0.0226. The Kier molecular flexibility index (Phi) is 3.43. The molecular formula is C14H20N4O2. The van der Waals surface area contributed by atoms with E-state index in [4.69, 9.17) is 4.74 Å². The zero-order valence-electron chi connectivity index (χ0n) is 12.1. The van der Waals surface area contributed by atoms with Crippen molar-refractivity contribution in [3.63, 3.8) is 0 Å². The van der Waals surface area contributed by atoms with Gasteiger partial charge < -0.3 is 14.4 Å². The van der Waals surface area contributed by atoms with Crippen molar-refractivity contribution in [1.82, 2.24) is 19.5 Å². The van der Waals surface area contributed by atoms with Crippen molar-refractivity contribution in [2.45, 2.75) is 38.8 Å². The number of imidazole rings is 1. The maximum absolute atomic E-state index is 10.4. The van der Waals surface area contributed by atoms with Crippen LogP contribution in [0.25, 0.3) is 11.2 Å². The molecule has 2 heterocycles. The average Bonchev–Trinajstić information content (AvgIpc) is 2.91. The van der Waals surface area contributed by atoms with Crippen LogP contribution in [0.1, 0.15) is 30.4 Å². The van der Waals surface area contributed by atoms with E-state index >= 15 is 0 Å². The number of nitrogens with zero attached hydrogens (tertiary/aromatic N) is 4. The van der Waals surface area contributed by atoms with E-state index in [1.807, 2.05) is 13.8 Å². The third kappa shape index (κ3) is 2.09. The van der Waals surface area contributed by atoms with Crippen LogP contribution in [0, 0.1) is 19.8 Å². The number of hydrogen-bond donors (Lipinski definition) is 1. The van der Waals surface area contributed by atoms with E-state index < -0.39 is 0 Å². The molecule has 0 amide bonds. The van der Waals surface area contributed by atoms with Crippen molar-refractivity contribution in [3.05, 3.63) is 17.8 Å². The van der Waals surface area contributed by atoms with Crippen LogP contribution < -0.4 is 0 Å². The Labute approximate surface area is 117 Å². The predicted molar refractivity (Wildman–Crippen MR) is 74.4 cm³/mol. The van der Waals surface area contributed by atoms with Gasteiger partial charge in [0.2, 0.25) is 0 Å². The van der Waals surface area contributed by atoms with Crippen LogP contribution in [-0.2, 0) is 4.74 Å². The van der Waals surface area contributed by atoms with Crippen LogP contribution in [-0.4, -0.2) is 44.4 Å². The van der Waals surface area contributed by atoms with Gasteiger partial charge in [-0.15, -0.1) is 0 Å². The van der Waals surface area contributed by atoms with Gasteiger partial charge in [0, 0.05) is 13.7 Å². The lowest BCUT2D eigenvalue weighted by Gasteiger charge is -2.18. The van der Waals surface area contributed by atoms with Crippen molar-refractivity contribution < 1.29 is 9.84 Å². The number of aryl methyl sites for hydroxylation is 2. The van der Waals surface area contributed by atoms with Crippen LogP contribution in [0.4, 0.5) is 0 Å². The summed E-state index contributed by atoms with van der Waals surface area (Å²) in [7, 11) is 1.70. The Morgan fingerprint density at radius 2 is 2.15 bits per heavy atom. The summed E-state index contributed by atoms with van der Waals surface area (Å²) in [6.07, 6.45) is 2.84. The van der Waals surface area contributed by atoms with Crippen LogP contribution in [0.3, 0.4) is 0 Å². The Morgan fingerprint density at radius 3 is 2.90 bits per heavy atom. The van der Waals surface area contributed by atoms with E-state index in [2.05, 4.69) is 19.5 Å². The highest BCUT2D eigenvalue weighted by atomic mass is 16.5. The molecule has 0 aromatic carbocycles. The van der Waals surface area contributed by atoms with Crippen LogP contribution in [0.5, 0.6) is 0 Å². The van der Waals surface area contributed by atoms with Gasteiger partial charge in [-0.05, 0) is 32.6 Å². The van der Waals surface area contributed by atoms with Crippen molar-refractivity contribution in [2.75, 3.05) is 13.7 Å². The molecule has 1 fully saturated rings. The topological polar surface area (TPSA) is 73.1 Å². The summed E-state index contributed by atoms with van der Waals surface area (Å²) in [6.45, 7) is 4.57. The van der Waals surface area contributed by atoms with Crippen LogP contribution >= 0.6 is 0 Å². The van der Waals surface area contributed by atoms with E-state index in [1.54, 1.807) is 13.4 Å². The molecule has 0 saturated heterocycles. The second kappa shape index (κ2) is 5.10. The van der Waals surface area contributed by atoms with E-state index in [1.165, 1.54) is 0 Å². The largest absolute Gasteiger partial charge is 0.391 e. The molecule has 108 valence electrons. The van der Waals surface area contributed by atoms with E-state index in [0.717, 1.165) is 35.5 Å². The van der Waals surface area contributed by atoms with Crippen LogP contribution in [0.15, 0.2) is 6.33 Å². The van der Waals surface area contributed by atoms with Gasteiger partial charge in [0.25, 0.3) is 0 Å². The van der Waals surface area contributed by atoms with Gasteiger partial charge in [-0.3, -0.25) is 0 Å². The lowest BCUT2D eigenvalue weighted by molar-refractivity contribution is 0.123. The lowest BCUT2D eigenvalue weighted by atomic mass is 10.1. The summed E-state index contributed by atoms with van der Waals surface area (Å²) in [5.74, 6) is 1.27. The maximum atomic E-state index is 10.4. The molecule has 20 heavy (non-hydrogen) atoms. The Balaban J connectivity index is 2.02. The molecular weight excluding hydrogens is 256 g/mol. The first-order valence-electron chi connectivity index (χ1n) is 6.95. The summed E-state index contributed by atoms with van der Waals surface area (Å²) in [6, 6.07) is 0.0226. The molecule has 0 spiro atoms. The normalized spacial score (nSPS) is 26.5. The lowest BCUT2D eigenvalue weighted by Crippen LogP contribution is -2.19. The molecule has 2 aromatic rings. The highest BCUT2D eigenvalue weighted by Crippen LogP contribution is 2.37. The summed E-state index contributed by atoms with van der Waals surface area (Å²) in [5.41, 5.74) is 2.52. The number of aromatic nitrogens is 4. The summed E-state index contributed by atoms with van der Waals surface area (Å²) in [4.78, 5) is 13.1.